The number of anilines is 1. The van der Waals surface area contributed by atoms with Gasteiger partial charge in [0, 0.05) is 38.1 Å². The van der Waals surface area contributed by atoms with Gasteiger partial charge in [0.25, 0.3) is 0 Å². The van der Waals surface area contributed by atoms with E-state index in [0.717, 1.165) is 26.2 Å². The summed E-state index contributed by atoms with van der Waals surface area (Å²) in [6.45, 7) is 5.29. The maximum atomic E-state index is 11.6. The second kappa shape index (κ2) is 7.34. The molecule has 21 heavy (non-hydrogen) atoms. The summed E-state index contributed by atoms with van der Waals surface area (Å²) in [5.74, 6) is -0.550. The maximum absolute atomic E-state index is 11.6. The average molecular weight is 285 g/mol. The van der Waals surface area contributed by atoms with Gasteiger partial charge in [-0.3, -0.25) is 0 Å². The highest BCUT2D eigenvalue weighted by molar-refractivity contribution is 5.92. The molecular formula is C16H19N3O2. The minimum absolute atomic E-state index is 0.0602. The van der Waals surface area contributed by atoms with Gasteiger partial charge >= 0.3 is 5.97 Å². The van der Waals surface area contributed by atoms with Crippen molar-refractivity contribution >= 4 is 11.7 Å². The summed E-state index contributed by atoms with van der Waals surface area (Å²) >= 11 is 0. The molecule has 110 valence electrons. The summed E-state index contributed by atoms with van der Waals surface area (Å²) in [4.78, 5) is 15.9. The number of para-hydroxylation sites is 1. The third-order valence-electron chi connectivity index (χ3n) is 3.36. The maximum Gasteiger partial charge on any atom is 0.350 e. The van der Waals surface area contributed by atoms with Crippen molar-refractivity contribution in [1.29, 1.82) is 5.26 Å². The number of nitrogens with zero attached hydrogens (tertiary/aromatic N) is 3. The van der Waals surface area contributed by atoms with Crippen molar-refractivity contribution in [2.75, 3.05) is 37.7 Å². The van der Waals surface area contributed by atoms with Crippen LogP contribution >= 0.6 is 0 Å². The van der Waals surface area contributed by atoms with Crippen LogP contribution in [0.5, 0.6) is 0 Å². The zero-order valence-corrected chi connectivity index (χ0v) is 12.2. The Labute approximate surface area is 125 Å². The number of piperazine rings is 1. The number of rotatable bonds is 4. The molecule has 0 amide bonds. The average Bonchev–Trinajstić information content (AvgIpc) is 2.54. The standard InChI is InChI=1S/C16H19N3O2/c1-2-21-16(20)14(12-17)13-18-8-10-19(11-9-18)15-6-4-3-5-7-15/h3-7,13H,2,8-11H2,1H3/b14-13-. The first-order valence-electron chi connectivity index (χ1n) is 7.07. The van der Waals surface area contributed by atoms with E-state index in [0.29, 0.717) is 0 Å². The van der Waals surface area contributed by atoms with Crippen LogP contribution in [0.25, 0.3) is 0 Å². The van der Waals surface area contributed by atoms with E-state index in [1.807, 2.05) is 29.2 Å². The number of hydrogen-bond donors (Lipinski definition) is 0. The van der Waals surface area contributed by atoms with Crippen LogP contribution in [0.4, 0.5) is 5.69 Å². The fourth-order valence-corrected chi connectivity index (χ4v) is 2.27. The van der Waals surface area contributed by atoms with Crippen molar-refractivity contribution in [2.24, 2.45) is 0 Å². The first-order chi connectivity index (χ1) is 10.2. The summed E-state index contributed by atoms with van der Waals surface area (Å²) < 4.78 is 4.86. The normalized spacial score (nSPS) is 15.5. The van der Waals surface area contributed by atoms with Gasteiger partial charge in [-0.2, -0.15) is 5.26 Å². The Morgan fingerprint density at radius 2 is 1.95 bits per heavy atom. The van der Waals surface area contributed by atoms with E-state index in [2.05, 4.69) is 17.0 Å². The largest absolute Gasteiger partial charge is 0.462 e. The molecule has 5 nitrogen and oxygen atoms in total. The van der Waals surface area contributed by atoms with Gasteiger partial charge in [-0.1, -0.05) is 18.2 Å². The smallest absolute Gasteiger partial charge is 0.350 e. The molecule has 5 heteroatoms. The quantitative estimate of drug-likeness (QED) is 0.479. The fourth-order valence-electron chi connectivity index (χ4n) is 2.27. The molecule has 1 saturated heterocycles. The fraction of sp³-hybridized carbons (Fsp3) is 0.375. The molecule has 0 bridgehead atoms. The zero-order valence-electron chi connectivity index (χ0n) is 12.2. The summed E-state index contributed by atoms with van der Waals surface area (Å²) in [5.41, 5.74) is 1.26. The Hall–Kier alpha value is -2.48. The number of benzene rings is 1. The Kier molecular flexibility index (Phi) is 5.22. The first kappa shape index (κ1) is 14.9. The van der Waals surface area contributed by atoms with Gasteiger partial charge in [0.1, 0.15) is 6.07 Å². The molecule has 1 aliphatic heterocycles. The van der Waals surface area contributed by atoms with Crippen LogP contribution in [0.15, 0.2) is 42.1 Å². The summed E-state index contributed by atoms with van der Waals surface area (Å²) in [7, 11) is 0. The highest BCUT2D eigenvalue weighted by atomic mass is 16.5. The lowest BCUT2D eigenvalue weighted by molar-refractivity contribution is -0.138. The van der Waals surface area contributed by atoms with E-state index in [1.165, 1.54) is 5.69 Å². The minimum atomic E-state index is -0.550. The molecule has 0 aromatic heterocycles. The number of hydrogen-bond acceptors (Lipinski definition) is 5. The lowest BCUT2D eigenvalue weighted by Crippen LogP contribution is -2.44. The molecule has 1 aliphatic rings. The number of ether oxygens (including phenoxy) is 1. The first-order valence-corrected chi connectivity index (χ1v) is 7.07. The van der Waals surface area contributed by atoms with Gasteiger partial charge in [0.05, 0.1) is 6.61 Å². The molecule has 1 aromatic carbocycles. The van der Waals surface area contributed by atoms with Gasteiger partial charge in [0.15, 0.2) is 5.57 Å². The molecule has 1 heterocycles. The van der Waals surface area contributed by atoms with Gasteiger partial charge in [-0.05, 0) is 19.1 Å². The Morgan fingerprint density at radius 3 is 2.52 bits per heavy atom. The van der Waals surface area contributed by atoms with Crippen LogP contribution in [-0.2, 0) is 9.53 Å². The second-order valence-electron chi connectivity index (χ2n) is 4.73. The van der Waals surface area contributed by atoms with Crippen LogP contribution in [0.2, 0.25) is 0 Å². The van der Waals surface area contributed by atoms with Crippen molar-refractivity contribution in [3.63, 3.8) is 0 Å². The Bertz CT molecular complexity index is 540. The minimum Gasteiger partial charge on any atom is -0.462 e. The molecule has 1 fully saturated rings. The van der Waals surface area contributed by atoms with Crippen LogP contribution in [0.1, 0.15) is 6.92 Å². The van der Waals surface area contributed by atoms with Crippen LogP contribution in [0.3, 0.4) is 0 Å². The predicted molar refractivity (Wildman–Crippen MR) is 80.6 cm³/mol. The van der Waals surface area contributed by atoms with Crippen molar-refractivity contribution in [1.82, 2.24) is 4.90 Å². The second-order valence-corrected chi connectivity index (χ2v) is 4.73. The van der Waals surface area contributed by atoms with E-state index >= 15 is 0 Å². The van der Waals surface area contributed by atoms with Gasteiger partial charge in [-0.15, -0.1) is 0 Å². The van der Waals surface area contributed by atoms with Crippen LogP contribution < -0.4 is 4.90 Å². The van der Waals surface area contributed by atoms with Crippen molar-refractivity contribution < 1.29 is 9.53 Å². The highest BCUT2D eigenvalue weighted by Gasteiger charge is 2.17. The van der Waals surface area contributed by atoms with Crippen molar-refractivity contribution in [3.8, 4) is 6.07 Å². The number of carbonyl (C=O) groups excluding carboxylic acids is 1. The molecule has 1 aromatic rings. The predicted octanol–water partition coefficient (Wildman–Crippen LogP) is 1.78. The van der Waals surface area contributed by atoms with Crippen molar-refractivity contribution in [2.45, 2.75) is 6.92 Å². The molecule has 0 radical (unpaired) electrons. The number of esters is 1. The molecule has 0 atom stereocenters. The number of carbonyl (C=O) groups is 1. The van der Waals surface area contributed by atoms with Crippen LogP contribution in [0, 0.1) is 11.3 Å². The third-order valence-corrected chi connectivity index (χ3v) is 3.36. The number of nitriles is 1. The SMILES string of the molecule is CCOC(=O)/C(C#N)=C\N1CCN(c2ccccc2)CC1. The molecule has 0 N–H and O–H groups in total. The van der Waals surface area contributed by atoms with E-state index < -0.39 is 5.97 Å². The van der Waals surface area contributed by atoms with Gasteiger partial charge in [0.2, 0.25) is 0 Å². The van der Waals surface area contributed by atoms with Gasteiger partial charge in [-0.25, -0.2) is 4.79 Å². The molecule has 0 aliphatic carbocycles. The molecular weight excluding hydrogens is 266 g/mol. The lowest BCUT2D eigenvalue weighted by Gasteiger charge is -2.35. The van der Waals surface area contributed by atoms with Crippen molar-refractivity contribution in [3.05, 3.63) is 42.1 Å². The summed E-state index contributed by atoms with van der Waals surface area (Å²) in [5, 5.41) is 9.03. The van der Waals surface area contributed by atoms with Crippen LogP contribution in [-0.4, -0.2) is 43.7 Å². The van der Waals surface area contributed by atoms with E-state index in [4.69, 9.17) is 10.00 Å². The molecule has 0 unspecified atom stereocenters. The lowest BCUT2D eigenvalue weighted by atomic mass is 10.2. The Morgan fingerprint density at radius 1 is 1.29 bits per heavy atom. The third kappa shape index (κ3) is 3.99. The topological polar surface area (TPSA) is 56.6 Å². The monoisotopic (exact) mass is 285 g/mol. The zero-order chi connectivity index (χ0) is 15.1. The molecule has 0 spiro atoms. The van der Waals surface area contributed by atoms with E-state index in [1.54, 1.807) is 13.1 Å². The Balaban J connectivity index is 1.94. The summed E-state index contributed by atoms with van der Waals surface area (Å²) in [6, 6.07) is 12.1. The molecule has 0 saturated carbocycles. The van der Waals surface area contributed by atoms with E-state index in [9.17, 15) is 4.79 Å². The van der Waals surface area contributed by atoms with Gasteiger partial charge < -0.3 is 14.5 Å². The summed E-state index contributed by atoms with van der Waals surface area (Å²) in [6.07, 6.45) is 1.61. The molecule has 2 rings (SSSR count). The highest BCUT2D eigenvalue weighted by Crippen LogP contribution is 2.16. The van der Waals surface area contributed by atoms with E-state index in [-0.39, 0.29) is 12.2 Å².